The molecule has 8 N–H and O–H groups in total. The molecule has 0 heterocycles. The molecular formula is C13H16N4. The van der Waals surface area contributed by atoms with Crippen molar-refractivity contribution in [3.8, 4) is 0 Å². The molecule has 0 aliphatic rings. The molecule has 0 aromatic heterocycles. The van der Waals surface area contributed by atoms with E-state index < -0.39 is 0 Å². The highest BCUT2D eigenvalue weighted by Crippen LogP contribution is 2.28. The average Bonchev–Trinajstić information content (AvgIpc) is 2.32. The van der Waals surface area contributed by atoms with E-state index in [1.54, 1.807) is 12.1 Å². The summed E-state index contributed by atoms with van der Waals surface area (Å²) in [6.45, 7) is 0. The highest BCUT2D eigenvalue weighted by Gasteiger charge is 2.07. The predicted molar refractivity (Wildman–Crippen MR) is 73.3 cm³/mol. The van der Waals surface area contributed by atoms with Gasteiger partial charge >= 0.3 is 0 Å². The molecule has 0 bridgehead atoms. The lowest BCUT2D eigenvalue weighted by Crippen LogP contribution is -2.04. The summed E-state index contributed by atoms with van der Waals surface area (Å²) in [5.41, 5.74) is 27.7. The molecule has 0 amide bonds. The van der Waals surface area contributed by atoms with E-state index in [0.717, 1.165) is 16.8 Å². The SMILES string of the molecule is Nc1ccc(Cc2c(N)ccc(N)c2N)cc1. The lowest BCUT2D eigenvalue weighted by atomic mass is 10.0. The molecule has 4 nitrogen and oxygen atoms in total. The minimum atomic E-state index is 0.557. The maximum absolute atomic E-state index is 5.93. The summed E-state index contributed by atoms with van der Waals surface area (Å²) in [5.74, 6) is 0. The molecule has 0 spiro atoms. The van der Waals surface area contributed by atoms with Crippen molar-refractivity contribution < 1.29 is 0 Å². The maximum atomic E-state index is 5.93. The summed E-state index contributed by atoms with van der Waals surface area (Å²) < 4.78 is 0. The molecule has 0 radical (unpaired) electrons. The van der Waals surface area contributed by atoms with Gasteiger partial charge in [-0.2, -0.15) is 0 Å². The van der Waals surface area contributed by atoms with Crippen molar-refractivity contribution in [2.24, 2.45) is 0 Å². The fourth-order valence-corrected chi connectivity index (χ4v) is 1.74. The van der Waals surface area contributed by atoms with Crippen LogP contribution in [0.4, 0.5) is 22.7 Å². The Labute approximate surface area is 100 Å². The van der Waals surface area contributed by atoms with Crippen LogP contribution in [0.1, 0.15) is 11.1 Å². The smallest absolute Gasteiger partial charge is 0.0604 e. The minimum Gasteiger partial charge on any atom is -0.399 e. The van der Waals surface area contributed by atoms with E-state index in [0.29, 0.717) is 23.5 Å². The molecule has 2 aromatic carbocycles. The Morgan fingerprint density at radius 1 is 0.706 bits per heavy atom. The van der Waals surface area contributed by atoms with Gasteiger partial charge in [-0.3, -0.25) is 0 Å². The van der Waals surface area contributed by atoms with Crippen LogP contribution in [0.3, 0.4) is 0 Å². The van der Waals surface area contributed by atoms with Crippen molar-refractivity contribution in [3.63, 3.8) is 0 Å². The Morgan fingerprint density at radius 2 is 1.29 bits per heavy atom. The lowest BCUT2D eigenvalue weighted by Gasteiger charge is -2.11. The van der Waals surface area contributed by atoms with E-state index in [2.05, 4.69) is 0 Å². The summed E-state index contributed by atoms with van der Waals surface area (Å²) in [4.78, 5) is 0. The molecule has 4 heteroatoms. The van der Waals surface area contributed by atoms with Crippen LogP contribution >= 0.6 is 0 Å². The third kappa shape index (κ3) is 2.25. The van der Waals surface area contributed by atoms with Gasteiger partial charge in [0.15, 0.2) is 0 Å². The van der Waals surface area contributed by atoms with Crippen molar-refractivity contribution in [1.29, 1.82) is 0 Å². The number of nitrogens with two attached hydrogens (primary N) is 4. The maximum Gasteiger partial charge on any atom is 0.0604 e. The summed E-state index contributed by atoms with van der Waals surface area (Å²) in [6, 6.07) is 11.1. The summed E-state index contributed by atoms with van der Waals surface area (Å²) >= 11 is 0. The topological polar surface area (TPSA) is 104 Å². The number of anilines is 4. The Hall–Kier alpha value is -2.36. The van der Waals surface area contributed by atoms with Crippen LogP contribution in [-0.4, -0.2) is 0 Å². The van der Waals surface area contributed by atoms with Crippen LogP contribution in [-0.2, 0) is 6.42 Å². The number of benzene rings is 2. The molecule has 2 rings (SSSR count). The Balaban J connectivity index is 2.36. The van der Waals surface area contributed by atoms with E-state index in [1.807, 2.05) is 24.3 Å². The molecule has 88 valence electrons. The standard InChI is InChI=1S/C13H16N4/c14-9-3-1-8(2-4-9)7-10-11(15)5-6-12(16)13(10)17/h1-6H,7,14-17H2. The Bertz CT molecular complexity index is 532. The van der Waals surface area contributed by atoms with E-state index in [1.165, 1.54) is 0 Å². The normalized spacial score (nSPS) is 10.4. The Kier molecular flexibility index (Phi) is 2.78. The van der Waals surface area contributed by atoms with E-state index in [-0.39, 0.29) is 0 Å². The number of rotatable bonds is 2. The number of hydrogen-bond acceptors (Lipinski definition) is 4. The van der Waals surface area contributed by atoms with Gasteiger partial charge in [-0.25, -0.2) is 0 Å². The second-order valence-corrected chi connectivity index (χ2v) is 4.05. The molecule has 0 saturated carbocycles. The van der Waals surface area contributed by atoms with Crippen LogP contribution in [0.15, 0.2) is 36.4 Å². The highest BCUT2D eigenvalue weighted by molar-refractivity contribution is 5.75. The predicted octanol–water partition coefficient (Wildman–Crippen LogP) is 1.61. The summed E-state index contributed by atoms with van der Waals surface area (Å²) in [6.07, 6.45) is 0.656. The van der Waals surface area contributed by atoms with Crippen molar-refractivity contribution in [2.45, 2.75) is 6.42 Å². The zero-order chi connectivity index (χ0) is 12.4. The monoisotopic (exact) mass is 228 g/mol. The second-order valence-electron chi connectivity index (χ2n) is 4.05. The van der Waals surface area contributed by atoms with Gasteiger partial charge in [0.25, 0.3) is 0 Å². The minimum absolute atomic E-state index is 0.557. The first-order valence-corrected chi connectivity index (χ1v) is 5.34. The largest absolute Gasteiger partial charge is 0.399 e. The van der Waals surface area contributed by atoms with Gasteiger partial charge in [-0.1, -0.05) is 12.1 Å². The van der Waals surface area contributed by atoms with Crippen molar-refractivity contribution in [1.82, 2.24) is 0 Å². The average molecular weight is 228 g/mol. The number of hydrogen-bond donors (Lipinski definition) is 4. The van der Waals surface area contributed by atoms with Gasteiger partial charge in [0.1, 0.15) is 0 Å². The molecule has 0 unspecified atom stereocenters. The molecule has 2 aromatic rings. The van der Waals surface area contributed by atoms with Crippen LogP contribution in [0.5, 0.6) is 0 Å². The van der Waals surface area contributed by atoms with Gasteiger partial charge in [0.05, 0.1) is 11.4 Å². The van der Waals surface area contributed by atoms with Crippen LogP contribution in [0, 0.1) is 0 Å². The van der Waals surface area contributed by atoms with E-state index >= 15 is 0 Å². The number of nitrogen functional groups attached to an aromatic ring is 4. The zero-order valence-corrected chi connectivity index (χ0v) is 9.48. The van der Waals surface area contributed by atoms with E-state index in [9.17, 15) is 0 Å². The first kappa shape index (κ1) is 11.1. The van der Waals surface area contributed by atoms with Gasteiger partial charge in [0.2, 0.25) is 0 Å². The Morgan fingerprint density at radius 3 is 1.94 bits per heavy atom. The fraction of sp³-hybridized carbons (Fsp3) is 0.0769. The first-order chi connectivity index (χ1) is 8.08. The third-order valence-electron chi connectivity index (χ3n) is 2.79. The first-order valence-electron chi connectivity index (χ1n) is 5.34. The van der Waals surface area contributed by atoms with Gasteiger partial charge < -0.3 is 22.9 Å². The summed E-state index contributed by atoms with van der Waals surface area (Å²) in [5, 5.41) is 0. The van der Waals surface area contributed by atoms with E-state index in [4.69, 9.17) is 22.9 Å². The lowest BCUT2D eigenvalue weighted by molar-refractivity contribution is 1.20. The third-order valence-corrected chi connectivity index (χ3v) is 2.79. The van der Waals surface area contributed by atoms with Crippen molar-refractivity contribution >= 4 is 22.7 Å². The molecule has 0 aliphatic heterocycles. The second kappa shape index (κ2) is 4.25. The molecule has 0 saturated heterocycles. The highest BCUT2D eigenvalue weighted by atomic mass is 14.7. The van der Waals surface area contributed by atoms with Crippen LogP contribution < -0.4 is 22.9 Å². The molecule has 0 atom stereocenters. The summed E-state index contributed by atoms with van der Waals surface area (Å²) in [7, 11) is 0. The fourth-order valence-electron chi connectivity index (χ4n) is 1.74. The molecule has 0 fully saturated rings. The van der Waals surface area contributed by atoms with Gasteiger partial charge in [0, 0.05) is 23.4 Å². The van der Waals surface area contributed by atoms with Crippen LogP contribution in [0.25, 0.3) is 0 Å². The molecule has 17 heavy (non-hydrogen) atoms. The zero-order valence-electron chi connectivity index (χ0n) is 9.48. The van der Waals surface area contributed by atoms with Crippen LogP contribution in [0.2, 0.25) is 0 Å². The molecule has 0 aliphatic carbocycles. The van der Waals surface area contributed by atoms with Gasteiger partial charge in [-0.05, 0) is 29.8 Å². The van der Waals surface area contributed by atoms with Crippen molar-refractivity contribution in [3.05, 3.63) is 47.5 Å². The van der Waals surface area contributed by atoms with Crippen molar-refractivity contribution in [2.75, 3.05) is 22.9 Å². The molecular weight excluding hydrogens is 212 g/mol. The quantitative estimate of drug-likeness (QED) is 0.586. The van der Waals surface area contributed by atoms with Gasteiger partial charge in [-0.15, -0.1) is 0 Å².